The van der Waals surface area contributed by atoms with Crippen molar-refractivity contribution >= 4 is 26.5 Å². The Hall–Kier alpha value is -0.700. The highest BCUT2D eigenvalue weighted by Gasteiger charge is 2.22. The molecule has 8 heteroatoms. The van der Waals surface area contributed by atoms with Crippen LogP contribution in [0.15, 0.2) is 4.21 Å². The zero-order valence-corrected chi connectivity index (χ0v) is 11.8. The van der Waals surface area contributed by atoms with E-state index in [4.69, 9.17) is 10.5 Å². The van der Waals surface area contributed by atoms with Gasteiger partial charge in [-0.3, -0.25) is 0 Å². The van der Waals surface area contributed by atoms with E-state index in [1.807, 2.05) is 0 Å². The molecule has 0 aliphatic heterocycles. The Bertz CT molecular complexity index is 508. The first-order valence-electron chi connectivity index (χ1n) is 5.79. The zero-order valence-electron chi connectivity index (χ0n) is 10.2. The summed E-state index contributed by atoms with van der Waals surface area (Å²) in [4.78, 5) is 3.90. The van der Waals surface area contributed by atoms with Crippen LogP contribution < -0.4 is 10.5 Å². The lowest BCUT2D eigenvalue weighted by Crippen LogP contribution is -2.27. The maximum absolute atomic E-state index is 11.9. The highest BCUT2D eigenvalue weighted by atomic mass is 32.2. The van der Waals surface area contributed by atoms with Crippen LogP contribution in [0.3, 0.4) is 0 Å². The van der Waals surface area contributed by atoms with E-state index in [0.717, 1.165) is 17.9 Å². The number of anilines is 1. The lowest BCUT2D eigenvalue weighted by Gasteiger charge is -2.06. The van der Waals surface area contributed by atoms with Crippen LogP contribution in [0.4, 0.5) is 5.13 Å². The lowest BCUT2D eigenvalue weighted by molar-refractivity contribution is 0.129. The minimum Gasteiger partial charge on any atom is -0.380 e. The molecule has 1 saturated carbocycles. The molecule has 0 unspecified atom stereocenters. The first-order chi connectivity index (χ1) is 8.49. The van der Waals surface area contributed by atoms with Gasteiger partial charge in [0, 0.05) is 13.2 Å². The van der Waals surface area contributed by atoms with Crippen molar-refractivity contribution in [3.8, 4) is 0 Å². The summed E-state index contributed by atoms with van der Waals surface area (Å²) in [7, 11) is -3.51. The minimum absolute atomic E-state index is 0.183. The Morgan fingerprint density at radius 2 is 2.28 bits per heavy atom. The van der Waals surface area contributed by atoms with Crippen LogP contribution in [0.1, 0.15) is 18.5 Å². The smallest absolute Gasteiger partial charge is 0.252 e. The molecule has 1 heterocycles. The van der Waals surface area contributed by atoms with Gasteiger partial charge in [0.05, 0.1) is 12.3 Å². The molecule has 0 radical (unpaired) electrons. The van der Waals surface area contributed by atoms with E-state index in [0.29, 0.717) is 18.2 Å². The number of sulfonamides is 1. The van der Waals surface area contributed by atoms with E-state index < -0.39 is 10.0 Å². The van der Waals surface area contributed by atoms with E-state index >= 15 is 0 Å². The normalized spacial score (nSPS) is 16.1. The van der Waals surface area contributed by atoms with Gasteiger partial charge in [-0.2, -0.15) is 0 Å². The number of hydrogen-bond acceptors (Lipinski definition) is 6. The quantitative estimate of drug-likeness (QED) is 0.723. The van der Waals surface area contributed by atoms with Crippen LogP contribution in [-0.4, -0.2) is 33.2 Å². The molecule has 3 N–H and O–H groups in total. The van der Waals surface area contributed by atoms with Gasteiger partial charge >= 0.3 is 0 Å². The predicted octanol–water partition coefficient (Wildman–Crippen LogP) is 0.739. The van der Waals surface area contributed by atoms with Gasteiger partial charge in [-0.15, -0.1) is 0 Å². The van der Waals surface area contributed by atoms with Crippen molar-refractivity contribution in [3.63, 3.8) is 0 Å². The van der Waals surface area contributed by atoms with Gasteiger partial charge in [0.1, 0.15) is 0 Å². The molecule has 0 spiro atoms. The van der Waals surface area contributed by atoms with Crippen molar-refractivity contribution in [1.29, 1.82) is 0 Å². The van der Waals surface area contributed by atoms with Gasteiger partial charge < -0.3 is 10.5 Å². The summed E-state index contributed by atoms with van der Waals surface area (Å²) < 4.78 is 31.9. The molecule has 18 heavy (non-hydrogen) atoms. The van der Waals surface area contributed by atoms with Crippen molar-refractivity contribution in [2.24, 2.45) is 5.92 Å². The van der Waals surface area contributed by atoms with Crippen molar-refractivity contribution in [2.45, 2.75) is 24.0 Å². The zero-order chi connectivity index (χ0) is 13.2. The first-order valence-corrected chi connectivity index (χ1v) is 8.09. The highest BCUT2D eigenvalue weighted by molar-refractivity contribution is 7.91. The molecule has 0 aromatic carbocycles. The summed E-state index contributed by atoms with van der Waals surface area (Å²) in [6, 6.07) is 0. The second kappa shape index (κ2) is 5.52. The topological polar surface area (TPSA) is 94.3 Å². The Morgan fingerprint density at radius 3 is 2.83 bits per heavy atom. The van der Waals surface area contributed by atoms with Gasteiger partial charge in [-0.25, -0.2) is 18.1 Å². The van der Waals surface area contributed by atoms with Gasteiger partial charge in [-0.1, -0.05) is 11.3 Å². The van der Waals surface area contributed by atoms with Gasteiger partial charge in [0.15, 0.2) is 9.34 Å². The Balaban J connectivity index is 1.81. The standard InChI is InChI=1S/C10H17N3O3S2/c1-7-9(17-10(11)13-7)18(14,15)12-4-5-16-6-8-2-3-8/h8,12H,2-6H2,1H3,(H2,11,13). The van der Waals surface area contributed by atoms with Gasteiger partial charge in [0.2, 0.25) is 0 Å². The Morgan fingerprint density at radius 1 is 1.56 bits per heavy atom. The maximum Gasteiger partial charge on any atom is 0.252 e. The monoisotopic (exact) mass is 291 g/mol. The van der Waals surface area contributed by atoms with Crippen molar-refractivity contribution in [2.75, 3.05) is 25.5 Å². The number of ether oxygens (including phenoxy) is 1. The molecular formula is C10H17N3O3S2. The number of hydrogen-bond donors (Lipinski definition) is 2. The minimum atomic E-state index is -3.51. The molecular weight excluding hydrogens is 274 g/mol. The fourth-order valence-corrected chi connectivity index (χ4v) is 3.86. The number of nitrogens with zero attached hydrogens (tertiary/aromatic N) is 1. The number of aryl methyl sites for hydroxylation is 1. The predicted molar refractivity (Wildman–Crippen MR) is 70.0 cm³/mol. The van der Waals surface area contributed by atoms with E-state index in [1.165, 1.54) is 12.8 Å². The molecule has 1 aromatic heterocycles. The molecule has 1 aliphatic carbocycles. The van der Waals surface area contributed by atoms with E-state index in [1.54, 1.807) is 6.92 Å². The van der Waals surface area contributed by atoms with Crippen LogP contribution in [-0.2, 0) is 14.8 Å². The first kappa shape index (κ1) is 13.7. The molecule has 102 valence electrons. The van der Waals surface area contributed by atoms with E-state index in [-0.39, 0.29) is 15.9 Å². The second-order valence-corrected chi connectivity index (χ2v) is 7.33. The van der Waals surface area contributed by atoms with Crippen LogP contribution in [0.5, 0.6) is 0 Å². The van der Waals surface area contributed by atoms with Crippen molar-refractivity contribution in [3.05, 3.63) is 5.69 Å². The largest absolute Gasteiger partial charge is 0.380 e. The fourth-order valence-electron chi connectivity index (χ4n) is 1.50. The van der Waals surface area contributed by atoms with Crippen LogP contribution in [0, 0.1) is 12.8 Å². The number of nitrogens with two attached hydrogens (primary N) is 1. The fraction of sp³-hybridized carbons (Fsp3) is 0.700. The molecule has 2 rings (SSSR count). The average molecular weight is 291 g/mol. The summed E-state index contributed by atoms with van der Waals surface area (Å²) in [6.45, 7) is 3.02. The molecule has 0 atom stereocenters. The highest BCUT2D eigenvalue weighted by Crippen LogP contribution is 2.28. The third kappa shape index (κ3) is 3.64. The van der Waals surface area contributed by atoms with E-state index in [9.17, 15) is 8.42 Å². The Labute approximate surface area is 111 Å². The molecule has 0 saturated heterocycles. The second-order valence-electron chi connectivity index (χ2n) is 4.34. The summed E-state index contributed by atoms with van der Waals surface area (Å²) in [5, 5.41) is 0.262. The summed E-state index contributed by atoms with van der Waals surface area (Å²) >= 11 is 0.975. The Kier molecular flexibility index (Phi) is 4.21. The lowest BCUT2D eigenvalue weighted by atomic mass is 10.5. The molecule has 1 aliphatic rings. The molecule has 0 bridgehead atoms. The average Bonchev–Trinajstić information content (AvgIpc) is 3.03. The molecule has 0 amide bonds. The van der Waals surface area contributed by atoms with Gasteiger partial charge in [-0.05, 0) is 25.7 Å². The summed E-state index contributed by atoms with van der Waals surface area (Å²) in [5.41, 5.74) is 5.92. The molecule has 1 fully saturated rings. The van der Waals surface area contributed by atoms with Crippen molar-refractivity contribution < 1.29 is 13.2 Å². The SMILES string of the molecule is Cc1nc(N)sc1S(=O)(=O)NCCOCC1CC1. The molecule has 1 aromatic rings. The van der Waals surface area contributed by atoms with Crippen molar-refractivity contribution in [1.82, 2.24) is 9.71 Å². The van der Waals surface area contributed by atoms with Crippen LogP contribution >= 0.6 is 11.3 Å². The summed E-state index contributed by atoms with van der Waals surface area (Å²) in [5.74, 6) is 0.685. The number of nitrogens with one attached hydrogen (secondary N) is 1. The van der Waals surface area contributed by atoms with Crippen LogP contribution in [0.25, 0.3) is 0 Å². The number of aromatic nitrogens is 1. The number of thiazole rings is 1. The summed E-state index contributed by atoms with van der Waals surface area (Å²) in [6.07, 6.45) is 2.45. The van der Waals surface area contributed by atoms with Gasteiger partial charge in [0.25, 0.3) is 10.0 Å². The molecule has 6 nitrogen and oxygen atoms in total. The third-order valence-corrected chi connectivity index (χ3v) is 5.66. The number of nitrogen functional groups attached to an aromatic ring is 1. The third-order valence-electron chi connectivity index (χ3n) is 2.60. The van der Waals surface area contributed by atoms with Crippen LogP contribution in [0.2, 0.25) is 0 Å². The van der Waals surface area contributed by atoms with E-state index in [2.05, 4.69) is 9.71 Å². The number of rotatable bonds is 7. The maximum atomic E-state index is 11.9.